The summed E-state index contributed by atoms with van der Waals surface area (Å²) in [7, 11) is 0. The van der Waals surface area contributed by atoms with E-state index in [1.165, 1.54) is 11.1 Å². The molecule has 5 nitrogen and oxygen atoms in total. The number of aryl methyl sites for hydroxylation is 2. The number of aromatic amines is 1. The number of nitrogens with zero attached hydrogens (tertiary/aromatic N) is 2. The molecule has 0 spiro atoms. The summed E-state index contributed by atoms with van der Waals surface area (Å²) in [4.78, 5) is 12.3. The maximum atomic E-state index is 6.10. The van der Waals surface area contributed by atoms with E-state index >= 15 is 0 Å². The maximum absolute atomic E-state index is 6.10. The number of hydrogen-bond donors (Lipinski definition) is 3. The fourth-order valence-electron chi connectivity index (χ4n) is 2.98. The Morgan fingerprint density at radius 1 is 1.08 bits per heavy atom. The van der Waals surface area contributed by atoms with Crippen LogP contribution in [0, 0.1) is 0 Å². The van der Waals surface area contributed by atoms with Crippen molar-refractivity contribution in [1.29, 1.82) is 0 Å². The standard InChI is InChI=1S/C20H25N5.HI/c1-3-14-8-7-9-15(4-2)19(14)25-20(21)22-13-12-18-23-16-10-5-6-11-17(16)24-18;/h5-11H,3-4,12-13H2,1-2H3,(H,23,24)(H3,21,22,25);1H. The third-order valence-corrected chi connectivity index (χ3v) is 4.32. The SMILES string of the molecule is CCc1cccc(CC)c1NC(N)=NCCc1nc2ccccc2[nH]1.I. The molecule has 26 heavy (non-hydrogen) atoms. The molecule has 0 saturated carbocycles. The summed E-state index contributed by atoms with van der Waals surface area (Å²) < 4.78 is 0. The van der Waals surface area contributed by atoms with Gasteiger partial charge >= 0.3 is 0 Å². The lowest BCUT2D eigenvalue weighted by atomic mass is 10.0. The molecule has 0 aliphatic heterocycles. The lowest BCUT2D eigenvalue weighted by molar-refractivity contribution is 0.898. The molecule has 138 valence electrons. The number of halogens is 1. The zero-order valence-electron chi connectivity index (χ0n) is 15.2. The van der Waals surface area contributed by atoms with Gasteiger partial charge in [0.05, 0.1) is 11.0 Å². The Morgan fingerprint density at radius 2 is 1.77 bits per heavy atom. The normalized spacial score (nSPS) is 11.4. The number of nitrogens with two attached hydrogens (primary N) is 1. The van der Waals surface area contributed by atoms with E-state index in [0.717, 1.165) is 41.8 Å². The molecule has 0 saturated heterocycles. The highest BCUT2D eigenvalue weighted by molar-refractivity contribution is 14.0. The second-order valence-electron chi connectivity index (χ2n) is 6.00. The number of fused-ring (bicyclic) bond motifs is 1. The average molecular weight is 463 g/mol. The summed E-state index contributed by atoms with van der Waals surface area (Å²) >= 11 is 0. The number of benzene rings is 2. The van der Waals surface area contributed by atoms with Crippen molar-refractivity contribution < 1.29 is 0 Å². The number of aromatic nitrogens is 2. The van der Waals surface area contributed by atoms with Crippen LogP contribution in [0.3, 0.4) is 0 Å². The van der Waals surface area contributed by atoms with Crippen LogP contribution in [0.15, 0.2) is 47.5 Å². The van der Waals surface area contributed by atoms with E-state index in [1.807, 2.05) is 24.3 Å². The van der Waals surface area contributed by atoms with E-state index in [0.29, 0.717) is 12.5 Å². The third kappa shape index (κ3) is 4.75. The number of imidazole rings is 1. The van der Waals surface area contributed by atoms with Crippen LogP contribution in [0.4, 0.5) is 5.69 Å². The van der Waals surface area contributed by atoms with Gasteiger partial charge in [-0.2, -0.15) is 0 Å². The Kier molecular flexibility index (Phi) is 7.44. The first-order valence-corrected chi connectivity index (χ1v) is 8.82. The van der Waals surface area contributed by atoms with Crippen molar-refractivity contribution in [3.63, 3.8) is 0 Å². The van der Waals surface area contributed by atoms with Gasteiger partial charge in [0.25, 0.3) is 0 Å². The fourth-order valence-corrected chi connectivity index (χ4v) is 2.98. The summed E-state index contributed by atoms with van der Waals surface area (Å²) in [6.07, 6.45) is 2.65. The maximum Gasteiger partial charge on any atom is 0.193 e. The van der Waals surface area contributed by atoms with E-state index in [9.17, 15) is 0 Å². The Labute approximate surface area is 171 Å². The Morgan fingerprint density at radius 3 is 2.42 bits per heavy atom. The fraction of sp³-hybridized carbons (Fsp3) is 0.300. The van der Waals surface area contributed by atoms with Crippen LogP contribution in [-0.4, -0.2) is 22.5 Å². The van der Waals surface area contributed by atoms with Crippen molar-refractivity contribution in [2.45, 2.75) is 33.1 Å². The van der Waals surface area contributed by atoms with Crippen molar-refractivity contribution in [1.82, 2.24) is 9.97 Å². The minimum atomic E-state index is 0. The molecule has 0 amide bonds. The molecule has 3 rings (SSSR count). The number of para-hydroxylation sites is 3. The highest BCUT2D eigenvalue weighted by Crippen LogP contribution is 2.22. The van der Waals surface area contributed by atoms with E-state index in [-0.39, 0.29) is 24.0 Å². The van der Waals surface area contributed by atoms with Gasteiger partial charge in [-0.3, -0.25) is 4.99 Å². The molecular formula is C20H26IN5. The van der Waals surface area contributed by atoms with Crippen molar-refractivity contribution >= 4 is 46.7 Å². The van der Waals surface area contributed by atoms with Gasteiger partial charge in [-0.15, -0.1) is 24.0 Å². The van der Waals surface area contributed by atoms with Crippen LogP contribution in [-0.2, 0) is 19.3 Å². The largest absolute Gasteiger partial charge is 0.370 e. The molecule has 0 fully saturated rings. The van der Waals surface area contributed by atoms with E-state index in [1.54, 1.807) is 0 Å². The number of nitrogens with one attached hydrogen (secondary N) is 2. The van der Waals surface area contributed by atoms with Crippen molar-refractivity contribution in [3.05, 3.63) is 59.4 Å². The minimum Gasteiger partial charge on any atom is -0.370 e. The van der Waals surface area contributed by atoms with E-state index in [2.05, 4.69) is 52.3 Å². The zero-order valence-corrected chi connectivity index (χ0v) is 17.6. The molecule has 6 heteroatoms. The first-order valence-electron chi connectivity index (χ1n) is 8.82. The van der Waals surface area contributed by atoms with Gasteiger partial charge in [0.15, 0.2) is 5.96 Å². The van der Waals surface area contributed by atoms with Gasteiger partial charge < -0.3 is 16.0 Å². The molecule has 2 aromatic carbocycles. The topological polar surface area (TPSA) is 79.1 Å². The second kappa shape index (κ2) is 9.56. The molecule has 4 N–H and O–H groups in total. The quantitative estimate of drug-likeness (QED) is 0.290. The summed E-state index contributed by atoms with van der Waals surface area (Å²) in [5.74, 6) is 1.38. The lowest BCUT2D eigenvalue weighted by Gasteiger charge is -2.14. The highest BCUT2D eigenvalue weighted by Gasteiger charge is 2.07. The van der Waals surface area contributed by atoms with Gasteiger partial charge in [0, 0.05) is 18.7 Å². The number of hydrogen-bond acceptors (Lipinski definition) is 2. The van der Waals surface area contributed by atoms with Gasteiger partial charge in [0.1, 0.15) is 5.82 Å². The molecule has 0 radical (unpaired) electrons. The predicted molar refractivity (Wildman–Crippen MR) is 121 cm³/mol. The Hall–Kier alpha value is -2.09. The summed E-state index contributed by atoms with van der Waals surface area (Å²) in [5.41, 5.74) is 11.7. The number of anilines is 1. The van der Waals surface area contributed by atoms with Crippen LogP contribution < -0.4 is 11.1 Å². The van der Waals surface area contributed by atoms with E-state index < -0.39 is 0 Å². The highest BCUT2D eigenvalue weighted by atomic mass is 127. The van der Waals surface area contributed by atoms with Crippen molar-refractivity contribution in [2.24, 2.45) is 10.7 Å². The second-order valence-corrected chi connectivity index (χ2v) is 6.00. The third-order valence-electron chi connectivity index (χ3n) is 4.32. The first-order chi connectivity index (χ1) is 12.2. The smallest absolute Gasteiger partial charge is 0.193 e. The number of rotatable bonds is 6. The summed E-state index contributed by atoms with van der Waals surface area (Å²) in [5, 5.41) is 3.29. The number of guanidine groups is 1. The Balaban J connectivity index is 0.00000243. The van der Waals surface area contributed by atoms with Gasteiger partial charge in [-0.25, -0.2) is 4.98 Å². The van der Waals surface area contributed by atoms with Crippen LogP contribution in [0.5, 0.6) is 0 Å². The molecule has 3 aromatic rings. The van der Waals surface area contributed by atoms with Gasteiger partial charge in [0.2, 0.25) is 0 Å². The number of H-pyrrole nitrogens is 1. The zero-order chi connectivity index (χ0) is 17.6. The number of aliphatic imine (C=N–C) groups is 1. The molecule has 0 atom stereocenters. The van der Waals surface area contributed by atoms with Crippen LogP contribution >= 0.6 is 24.0 Å². The monoisotopic (exact) mass is 463 g/mol. The van der Waals surface area contributed by atoms with Gasteiger partial charge in [-0.05, 0) is 36.1 Å². The minimum absolute atomic E-state index is 0. The summed E-state index contributed by atoms with van der Waals surface area (Å²) in [6.45, 7) is 4.89. The van der Waals surface area contributed by atoms with Gasteiger partial charge in [-0.1, -0.05) is 44.2 Å². The molecule has 1 aromatic heterocycles. The molecule has 0 aliphatic carbocycles. The van der Waals surface area contributed by atoms with Crippen molar-refractivity contribution in [3.8, 4) is 0 Å². The van der Waals surface area contributed by atoms with Crippen LogP contribution in [0.25, 0.3) is 11.0 Å². The first kappa shape index (κ1) is 20.2. The van der Waals surface area contributed by atoms with Crippen LogP contribution in [0.2, 0.25) is 0 Å². The lowest BCUT2D eigenvalue weighted by Crippen LogP contribution is -2.24. The summed E-state index contributed by atoms with van der Waals surface area (Å²) in [6, 6.07) is 14.4. The molecule has 1 heterocycles. The van der Waals surface area contributed by atoms with E-state index in [4.69, 9.17) is 5.73 Å². The van der Waals surface area contributed by atoms with Crippen molar-refractivity contribution in [2.75, 3.05) is 11.9 Å². The molecular weight excluding hydrogens is 437 g/mol. The molecule has 0 unspecified atom stereocenters. The molecule has 0 aliphatic rings. The predicted octanol–water partition coefficient (Wildman–Crippen LogP) is 4.28. The molecule has 0 bridgehead atoms. The van der Waals surface area contributed by atoms with Crippen LogP contribution in [0.1, 0.15) is 30.8 Å². The average Bonchev–Trinajstić information content (AvgIpc) is 3.04. The Bertz CT molecular complexity index is 830.